The number of amides is 1. The Hall–Kier alpha value is -2.51. The van der Waals surface area contributed by atoms with Gasteiger partial charge in [-0.15, -0.1) is 0 Å². The number of benzene rings is 2. The van der Waals surface area contributed by atoms with Crippen molar-refractivity contribution in [3.63, 3.8) is 0 Å². The third kappa shape index (κ3) is 6.42. The second kappa shape index (κ2) is 9.84. The minimum Gasteiger partial charge on any atom is -0.497 e. The Morgan fingerprint density at radius 2 is 1.69 bits per heavy atom. The Balaban J connectivity index is 1.80. The van der Waals surface area contributed by atoms with Crippen LogP contribution < -0.4 is 14.8 Å². The Kier molecular flexibility index (Phi) is 7.50. The molecule has 2 aromatic carbocycles. The van der Waals surface area contributed by atoms with Gasteiger partial charge >= 0.3 is 7.12 Å². The van der Waals surface area contributed by atoms with Crippen molar-refractivity contribution in [2.24, 2.45) is 0 Å². The van der Waals surface area contributed by atoms with Gasteiger partial charge in [0.2, 0.25) is 5.91 Å². The molecule has 2 aromatic rings. The molecule has 2 rings (SSSR count). The van der Waals surface area contributed by atoms with E-state index in [4.69, 9.17) is 9.47 Å². The van der Waals surface area contributed by atoms with Crippen molar-refractivity contribution >= 4 is 13.0 Å². The number of hydrogen-bond acceptors (Lipinski definition) is 5. The first-order valence-corrected chi connectivity index (χ1v) is 8.46. The van der Waals surface area contributed by atoms with E-state index in [1.165, 1.54) is 0 Å². The smallest absolute Gasteiger partial charge is 0.475 e. The summed E-state index contributed by atoms with van der Waals surface area (Å²) in [5.41, 5.74) is 2.04. The highest BCUT2D eigenvalue weighted by Crippen LogP contribution is 2.17. The zero-order chi connectivity index (χ0) is 18.9. The molecule has 0 aliphatic rings. The Morgan fingerprint density at radius 3 is 2.27 bits per heavy atom. The molecule has 26 heavy (non-hydrogen) atoms. The lowest BCUT2D eigenvalue weighted by Gasteiger charge is -2.18. The molecule has 1 unspecified atom stereocenters. The first kappa shape index (κ1) is 19.8. The van der Waals surface area contributed by atoms with E-state index in [0.717, 1.165) is 16.9 Å². The fourth-order valence-corrected chi connectivity index (χ4v) is 2.42. The number of hydrogen-bond donors (Lipinski definition) is 3. The highest BCUT2D eigenvalue weighted by atomic mass is 16.5. The molecular weight excluding hydrogens is 333 g/mol. The fraction of sp³-hybridized carbons (Fsp3) is 0.316. The lowest BCUT2D eigenvalue weighted by atomic mass is 9.76. The minimum absolute atomic E-state index is 0.114. The van der Waals surface area contributed by atoms with Crippen molar-refractivity contribution < 1.29 is 24.3 Å². The largest absolute Gasteiger partial charge is 0.497 e. The van der Waals surface area contributed by atoms with Crippen LogP contribution in [0.2, 0.25) is 0 Å². The SMILES string of the molecule is COc1ccc(OCCC(=O)NC(Cc2ccc(C)cc2)B(O)O)cc1. The summed E-state index contributed by atoms with van der Waals surface area (Å²) in [6, 6.07) is 14.8. The van der Waals surface area contributed by atoms with Gasteiger partial charge in [0.1, 0.15) is 11.5 Å². The third-order valence-electron chi connectivity index (χ3n) is 3.94. The van der Waals surface area contributed by atoms with Gasteiger partial charge in [0.05, 0.1) is 26.1 Å². The first-order chi connectivity index (χ1) is 12.5. The minimum atomic E-state index is -1.64. The van der Waals surface area contributed by atoms with Crippen LogP contribution in [0.1, 0.15) is 17.5 Å². The standard InChI is InChI=1S/C19H24BNO5/c1-14-3-5-15(6-4-14)13-18(20(23)24)21-19(22)11-12-26-17-9-7-16(25-2)8-10-17/h3-10,18,23-24H,11-13H2,1-2H3,(H,21,22). The molecule has 0 aromatic heterocycles. The zero-order valence-electron chi connectivity index (χ0n) is 15.0. The lowest BCUT2D eigenvalue weighted by molar-refractivity contribution is -0.122. The van der Waals surface area contributed by atoms with Crippen molar-refractivity contribution in [1.29, 1.82) is 0 Å². The number of carbonyl (C=O) groups excluding carboxylic acids is 1. The van der Waals surface area contributed by atoms with Gasteiger partial charge in [-0.2, -0.15) is 0 Å². The molecule has 0 fully saturated rings. The van der Waals surface area contributed by atoms with Crippen molar-refractivity contribution in [2.45, 2.75) is 25.7 Å². The van der Waals surface area contributed by atoms with E-state index in [9.17, 15) is 14.8 Å². The van der Waals surface area contributed by atoms with Crippen molar-refractivity contribution in [2.75, 3.05) is 13.7 Å². The average Bonchev–Trinajstić information content (AvgIpc) is 2.63. The molecule has 0 spiro atoms. The molecule has 7 heteroatoms. The van der Waals surface area contributed by atoms with E-state index in [1.54, 1.807) is 31.4 Å². The number of rotatable bonds is 9. The van der Waals surface area contributed by atoms with Gasteiger partial charge in [-0.05, 0) is 43.2 Å². The number of methoxy groups -OCH3 is 1. The average molecular weight is 357 g/mol. The van der Waals surface area contributed by atoms with Gasteiger partial charge in [0.25, 0.3) is 0 Å². The van der Waals surface area contributed by atoms with Crippen LogP contribution >= 0.6 is 0 Å². The summed E-state index contributed by atoms with van der Waals surface area (Å²) in [5.74, 6) is 0.290. The summed E-state index contributed by atoms with van der Waals surface area (Å²) in [7, 11) is -0.0502. The molecular formula is C19H24BNO5. The van der Waals surface area contributed by atoms with Gasteiger partial charge in [0.15, 0.2) is 0 Å². The summed E-state index contributed by atoms with van der Waals surface area (Å²) >= 11 is 0. The van der Waals surface area contributed by atoms with E-state index >= 15 is 0 Å². The topological polar surface area (TPSA) is 88.0 Å². The molecule has 0 aliphatic carbocycles. The lowest BCUT2D eigenvalue weighted by Crippen LogP contribution is -2.48. The summed E-state index contributed by atoms with van der Waals surface area (Å²) in [6.45, 7) is 2.17. The molecule has 0 saturated heterocycles. The normalized spacial score (nSPS) is 11.5. The maximum Gasteiger partial charge on any atom is 0.475 e. The van der Waals surface area contributed by atoms with Crippen molar-refractivity contribution in [3.8, 4) is 11.5 Å². The highest BCUT2D eigenvalue weighted by Gasteiger charge is 2.25. The predicted octanol–water partition coefficient (Wildman–Crippen LogP) is 1.51. The van der Waals surface area contributed by atoms with Crippen LogP contribution in [0.15, 0.2) is 48.5 Å². The van der Waals surface area contributed by atoms with E-state index in [1.807, 2.05) is 31.2 Å². The van der Waals surface area contributed by atoms with Crippen LogP contribution in [0, 0.1) is 6.92 Å². The van der Waals surface area contributed by atoms with Crippen LogP contribution in [-0.2, 0) is 11.2 Å². The summed E-state index contributed by atoms with van der Waals surface area (Å²) in [6.07, 6.45) is 0.451. The Morgan fingerprint density at radius 1 is 1.08 bits per heavy atom. The van der Waals surface area contributed by atoms with Crippen LogP contribution in [0.3, 0.4) is 0 Å². The highest BCUT2D eigenvalue weighted by molar-refractivity contribution is 6.43. The molecule has 0 aliphatic heterocycles. The first-order valence-electron chi connectivity index (χ1n) is 8.46. The van der Waals surface area contributed by atoms with Crippen molar-refractivity contribution in [1.82, 2.24) is 5.32 Å². The second-order valence-electron chi connectivity index (χ2n) is 6.05. The van der Waals surface area contributed by atoms with E-state index in [-0.39, 0.29) is 18.9 Å². The van der Waals surface area contributed by atoms with Crippen LogP contribution in [-0.4, -0.2) is 42.7 Å². The van der Waals surface area contributed by atoms with Gasteiger partial charge in [-0.25, -0.2) is 0 Å². The summed E-state index contributed by atoms with van der Waals surface area (Å²) in [5, 5.41) is 21.7. The zero-order valence-corrected chi connectivity index (χ0v) is 15.0. The fourth-order valence-electron chi connectivity index (χ4n) is 2.42. The number of carbonyl (C=O) groups is 1. The monoisotopic (exact) mass is 357 g/mol. The Labute approximate surface area is 153 Å². The molecule has 0 saturated carbocycles. The molecule has 6 nitrogen and oxygen atoms in total. The molecule has 0 radical (unpaired) electrons. The van der Waals surface area contributed by atoms with Gasteiger partial charge < -0.3 is 24.8 Å². The summed E-state index contributed by atoms with van der Waals surface area (Å²) < 4.78 is 10.6. The summed E-state index contributed by atoms with van der Waals surface area (Å²) in [4.78, 5) is 12.1. The predicted molar refractivity (Wildman–Crippen MR) is 100 cm³/mol. The van der Waals surface area contributed by atoms with Gasteiger partial charge in [-0.3, -0.25) is 4.79 Å². The maximum atomic E-state index is 12.1. The number of aryl methyl sites for hydroxylation is 1. The second-order valence-corrected chi connectivity index (χ2v) is 6.05. The Bertz CT molecular complexity index is 688. The van der Waals surface area contributed by atoms with Crippen LogP contribution in [0.25, 0.3) is 0 Å². The van der Waals surface area contributed by atoms with Crippen LogP contribution in [0.4, 0.5) is 0 Å². The third-order valence-corrected chi connectivity index (χ3v) is 3.94. The quantitative estimate of drug-likeness (QED) is 0.592. The molecule has 3 N–H and O–H groups in total. The van der Waals surface area contributed by atoms with Gasteiger partial charge in [0, 0.05) is 0 Å². The van der Waals surface area contributed by atoms with E-state index in [0.29, 0.717) is 12.2 Å². The van der Waals surface area contributed by atoms with E-state index in [2.05, 4.69) is 5.32 Å². The molecule has 0 bridgehead atoms. The number of ether oxygens (including phenoxy) is 2. The molecule has 138 valence electrons. The van der Waals surface area contributed by atoms with Crippen LogP contribution in [0.5, 0.6) is 11.5 Å². The maximum absolute atomic E-state index is 12.1. The molecule has 1 atom stereocenters. The molecule has 0 heterocycles. The van der Waals surface area contributed by atoms with E-state index < -0.39 is 13.1 Å². The number of nitrogens with one attached hydrogen (secondary N) is 1. The van der Waals surface area contributed by atoms with Gasteiger partial charge in [-0.1, -0.05) is 29.8 Å². The molecule has 1 amide bonds. The van der Waals surface area contributed by atoms with Crippen molar-refractivity contribution in [3.05, 3.63) is 59.7 Å².